The number of methoxy groups -OCH3 is 1. The Morgan fingerprint density at radius 1 is 1.10 bits per heavy atom. The topological polar surface area (TPSA) is 99.2 Å². The van der Waals surface area contributed by atoms with Gasteiger partial charge in [-0.25, -0.2) is 9.98 Å². The lowest BCUT2D eigenvalue weighted by Gasteiger charge is -2.38. The molecule has 1 saturated heterocycles. The number of nitrogens with one attached hydrogen (secondary N) is 2. The van der Waals surface area contributed by atoms with Crippen molar-refractivity contribution in [3.05, 3.63) is 48.7 Å². The first kappa shape index (κ1) is 19.7. The van der Waals surface area contributed by atoms with Gasteiger partial charge in [-0.05, 0) is 36.4 Å². The fourth-order valence-electron chi connectivity index (χ4n) is 3.48. The highest BCUT2D eigenvalue weighted by Crippen LogP contribution is 2.17. The summed E-state index contributed by atoms with van der Waals surface area (Å²) in [4.78, 5) is 38.0. The van der Waals surface area contributed by atoms with Crippen molar-refractivity contribution >= 4 is 29.3 Å². The van der Waals surface area contributed by atoms with Crippen molar-refractivity contribution in [1.29, 1.82) is 0 Å². The first-order valence-electron chi connectivity index (χ1n) is 9.86. The maximum absolute atomic E-state index is 12.7. The molecule has 2 aromatic rings. The van der Waals surface area contributed by atoms with Crippen LogP contribution in [0.1, 0.15) is 6.42 Å². The molecule has 0 radical (unpaired) electrons. The minimum Gasteiger partial charge on any atom is -0.497 e. The van der Waals surface area contributed by atoms with Gasteiger partial charge in [0, 0.05) is 38.1 Å². The molecule has 1 atom stereocenters. The monoisotopic (exact) mass is 408 g/mol. The van der Waals surface area contributed by atoms with Crippen LogP contribution in [-0.4, -0.2) is 67.0 Å². The average Bonchev–Trinajstić information content (AvgIpc) is 2.80. The van der Waals surface area contributed by atoms with E-state index in [1.165, 1.54) is 0 Å². The Balaban J connectivity index is 1.39. The molecule has 30 heavy (non-hydrogen) atoms. The van der Waals surface area contributed by atoms with E-state index in [0.717, 1.165) is 18.9 Å². The number of aromatic nitrogens is 1. The summed E-state index contributed by atoms with van der Waals surface area (Å²) in [6, 6.07) is 12.1. The highest BCUT2D eigenvalue weighted by molar-refractivity contribution is 6.06. The lowest BCUT2D eigenvalue weighted by Crippen LogP contribution is -2.56. The first-order chi connectivity index (χ1) is 14.6. The zero-order valence-electron chi connectivity index (χ0n) is 16.7. The van der Waals surface area contributed by atoms with E-state index < -0.39 is 6.04 Å². The molecule has 2 amide bonds. The number of piperazine rings is 1. The molecule has 4 rings (SSSR count). The van der Waals surface area contributed by atoms with E-state index in [0.29, 0.717) is 30.5 Å². The Bertz CT molecular complexity index is 924. The third kappa shape index (κ3) is 4.51. The van der Waals surface area contributed by atoms with Crippen LogP contribution in [0.25, 0.3) is 0 Å². The van der Waals surface area contributed by atoms with Crippen LogP contribution in [0.2, 0.25) is 0 Å². The van der Waals surface area contributed by atoms with Gasteiger partial charge in [-0.3, -0.25) is 14.9 Å². The molecule has 1 aromatic carbocycles. The van der Waals surface area contributed by atoms with Crippen molar-refractivity contribution in [3.8, 4) is 5.75 Å². The third-order valence-corrected chi connectivity index (χ3v) is 5.12. The number of anilines is 2. The normalized spacial score (nSPS) is 19.0. The van der Waals surface area contributed by atoms with E-state index in [1.807, 2.05) is 23.1 Å². The van der Waals surface area contributed by atoms with Gasteiger partial charge in [0.2, 0.25) is 17.8 Å². The van der Waals surface area contributed by atoms with E-state index in [4.69, 9.17) is 4.74 Å². The number of benzene rings is 1. The molecule has 2 aliphatic rings. The van der Waals surface area contributed by atoms with Crippen molar-refractivity contribution in [3.63, 3.8) is 0 Å². The van der Waals surface area contributed by atoms with Crippen molar-refractivity contribution in [2.45, 2.75) is 12.5 Å². The molecule has 9 heteroatoms. The lowest BCUT2D eigenvalue weighted by atomic mass is 10.1. The molecule has 0 bridgehead atoms. The molecule has 0 aliphatic carbocycles. The number of guanidine groups is 1. The molecular formula is C21H24N6O3. The van der Waals surface area contributed by atoms with Gasteiger partial charge in [-0.2, -0.15) is 0 Å². The zero-order valence-corrected chi connectivity index (χ0v) is 16.7. The highest BCUT2D eigenvalue weighted by atomic mass is 16.5. The number of hydrogen-bond donors (Lipinski definition) is 2. The second-order valence-corrected chi connectivity index (χ2v) is 7.10. The number of ether oxygens (including phenoxy) is 1. The van der Waals surface area contributed by atoms with Gasteiger partial charge in [-0.15, -0.1) is 0 Å². The van der Waals surface area contributed by atoms with Crippen LogP contribution in [0.15, 0.2) is 53.7 Å². The molecular weight excluding hydrogens is 384 g/mol. The number of aliphatic imine (C=N–C) groups is 1. The Morgan fingerprint density at radius 2 is 1.83 bits per heavy atom. The van der Waals surface area contributed by atoms with Crippen LogP contribution >= 0.6 is 0 Å². The fourth-order valence-corrected chi connectivity index (χ4v) is 3.48. The highest BCUT2D eigenvalue weighted by Gasteiger charge is 2.30. The summed E-state index contributed by atoms with van der Waals surface area (Å²) in [5.41, 5.74) is 0.632. The van der Waals surface area contributed by atoms with E-state index in [2.05, 4.69) is 25.5 Å². The summed E-state index contributed by atoms with van der Waals surface area (Å²) in [5.74, 6) is 1.59. The largest absolute Gasteiger partial charge is 0.497 e. The van der Waals surface area contributed by atoms with E-state index in [9.17, 15) is 9.59 Å². The van der Waals surface area contributed by atoms with E-state index in [-0.39, 0.29) is 18.2 Å². The Hall–Kier alpha value is -3.62. The summed E-state index contributed by atoms with van der Waals surface area (Å²) >= 11 is 0. The molecule has 1 unspecified atom stereocenters. The molecule has 0 spiro atoms. The van der Waals surface area contributed by atoms with Crippen LogP contribution in [0, 0.1) is 0 Å². The van der Waals surface area contributed by atoms with Gasteiger partial charge < -0.3 is 19.9 Å². The molecule has 9 nitrogen and oxygen atoms in total. The number of carbonyl (C=O) groups is 2. The van der Waals surface area contributed by atoms with Crippen molar-refractivity contribution in [1.82, 2.24) is 15.2 Å². The summed E-state index contributed by atoms with van der Waals surface area (Å²) < 4.78 is 5.12. The number of carbonyl (C=O) groups excluding carboxylic acids is 2. The third-order valence-electron chi connectivity index (χ3n) is 5.12. The number of amides is 2. The quantitative estimate of drug-likeness (QED) is 0.786. The molecule has 1 fully saturated rings. The zero-order chi connectivity index (χ0) is 20.9. The van der Waals surface area contributed by atoms with Gasteiger partial charge in [-0.1, -0.05) is 6.07 Å². The molecule has 2 N–H and O–H groups in total. The van der Waals surface area contributed by atoms with E-state index in [1.54, 1.807) is 37.6 Å². The first-order valence-corrected chi connectivity index (χ1v) is 9.86. The van der Waals surface area contributed by atoms with Crippen LogP contribution in [0.3, 0.4) is 0 Å². The van der Waals surface area contributed by atoms with E-state index >= 15 is 0 Å². The Morgan fingerprint density at radius 3 is 2.50 bits per heavy atom. The predicted molar refractivity (Wildman–Crippen MR) is 114 cm³/mol. The SMILES string of the molecule is COc1ccc(NC(=O)C2CC(=O)NC(N3CCN(c4ccccn4)CC3)=N2)cc1. The van der Waals surface area contributed by atoms with Gasteiger partial charge in [0.1, 0.15) is 17.6 Å². The number of nitrogens with zero attached hydrogens (tertiary/aromatic N) is 4. The van der Waals surface area contributed by atoms with Crippen LogP contribution in [0.5, 0.6) is 5.75 Å². The predicted octanol–water partition coefficient (Wildman–Crippen LogP) is 1.10. The summed E-state index contributed by atoms with van der Waals surface area (Å²) in [5, 5.41) is 5.63. The average molecular weight is 408 g/mol. The summed E-state index contributed by atoms with van der Waals surface area (Å²) in [7, 11) is 1.58. The molecule has 156 valence electrons. The molecule has 2 aliphatic heterocycles. The minimum absolute atomic E-state index is 0.0272. The molecule has 0 saturated carbocycles. The van der Waals surface area contributed by atoms with Gasteiger partial charge in [0.05, 0.1) is 13.5 Å². The van der Waals surface area contributed by atoms with Crippen LogP contribution in [0.4, 0.5) is 11.5 Å². The number of rotatable bonds is 4. The number of hydrogen-bond acceptors (Lipinski definition) is 7. The standard InChI is InChI=1S/C21H24N6O3/c1-30-16-7-5-15(6-8-16)23-20(29)17-14-19(28)25-21(24-17)27-12-10-26(11-13-27)18-4-2-3-9-22-18/h2-9,17H,10-14H2,1H3,(H,23,29)(H,24,25,28). The smallest absolute Gasteiger partial charge is 0.249 e. The van der Waals surface area contributed by atoms with Crippen molar-refractivity contribution < 1.29 is 14.3 Å². The van der Waals surface area contributed by atoms with Crippen molar-refractivity contribution in [2.75, 3.05) is 43.5 Å². The van der Waals surface area contributed by atoms with Gasteiger partial charge in [0.25, 0.3) is 0 Å². The summed E-state index contributed by atoms with van der Waals surface area (Å²) in [6.07, 6.45) is 1.80. The van der Waals surface area contributed by atoms with Crippen LogP contribution < -0.4 is 20.3 Å². The van der Waals surface area contributed by atoms with Crippen molar-refractivity contribution in [2.24, 2.45) is 4.99 Å². The fraction of sp³-hybridized carbons (Fsp3) is 0.333. The maximum Gasteiger partial charge on any atom is 0.249 e. The summed E-state index contributed by atoms with van der Waals surface area (Å²) in [6.45, 7) is 2.88. The molecule has 1 aromatic heterocycles. The second kappa shape index (κ2) is 8.81. The van der Waals surface area contributed by atoms with Gasteiger partial charge in [0.15, 0.2) is 0 Å². The Labute approximate surface area is 174 Å². The maximum atomic E-state index is 12.7. The Kier molecular flexibility index (Phi) is 5.78. The second-order valence-electron chi connectivity index (χ2n) is 7.10. The van der Waals surface area contributed by atoms with Gasteiger partial charge >= 0.3 is 0 Å². The number of pyridine rings is 1. The minimum atomic E-state index is -0.760. The lowest BCUT2D eigenvalue weighted by molar-refractivity contribution is -0.125. The van der Waals surface area contributed by atoms with Crippen LogP contribution in [-0.2, 0) is 9.59 Å². The molecule has 3 heterocycles.